The fourth-order valence-corrected chi connectivity index (χ4v) is 10.9. The molecule has 0 radical (unpaired) electrons. The third kappa shape index (κ3) is 5.92. The molecule has 0 fully saturated rings. The number of para-hydroxylation sites is 2. The Kier molecular flexibility index (Phi) is 9.38. The van der Waals surface area contributed by atoms with Crippen molar-refractivity contribution >= 4 is 27.9 Å². The molecule has 0 spiro atoms. The summed E-state index contributed by atoms with van der Waals surface area (Å²) >= 11 is 0. The van der Waals surface area contributed by atoms with Gasteiger partial charge in [0.15, 0.2) is 0 Å². The lowest BCUT2D eigenvalue weighted by molar-refractivity contribution is 0.155. The number of hydrogen-bond acceptors (Lipinski definition) is 1. The largest absolute Gasteiger partial charge is 0.486 e. The van der Waals surface area contributed by atoms with E-state index in [1.54, 1.807) is 0 Å². The van der Waals surface area contributed by atoms with Crippen molar-refractivity contribution in [1.82, 2.24) is 4.57 Å². The summed E-state index contributed by atoms with van der Waals surface area (Å²) < 4.78 is 9.10. The maximum absolute atomic E-state index is 6.66. The minimum atomic E-state index is -0.468. The summed E-state index contributed by atoms with van der Waals surface area (Å²) in [5.74, 6) is 0.920. The molecule has 0 N–H and O–H groups in total. The van der Waals surface area contributed by atoms with Crippen molar-refractivity contribution in [3.05, 3.63) is 263 Å². The van der Waals surface area contributed by atoms with Crippen molar-refractivity contribution in [2.45, 2.75) is 50.0 Å². The zero-order valence-corrected chi connectivity index (χ0v) is 35.3. The maximum Gasteiger partial charge on any atom is 0.127 e. The molecule has 0 amide bonds. The van der Waals surface area contributed by atoms with Crippen LogP contribution in [-0.2, 0) is 15.6 Å². The Labute approximate surface area is 365 Å². The van der Waals surface area contributed by atoms with Gasteiger partial charge in [0.1, 0.15) is 11.9 Å². The van der Waals surface area contributed by atoms with Crippen molar-refractivity contribution in [1.29, 1.82) is 0 Å². The molecule has 1 aliphatic carbocycles. The van der Waals surface area contributed by atoms with Crippen molar-refractivity contribution in [2.75, 3.05) is 0 Å². The molecule has 2 heteroatoms. The molecule has 0 bridgehead atoms. The molecule has 0 saturated heterocycles. The van der Waals surface area contributed by atoms with E-state index in [0.717, 1.165) is 25.0 Å². The van der Waals surface area contributed by atoms with Gasteiger partial charge in [-0.05, 0) is 105 Å². The third-order valence-electron chi connectivity index (χ3n) is 14.0. The number of nitrogens with zero attached hydrogens (tertiary/aromatic N) is 1. The van der Waals surface area contributed by atoms with Gasteiger partial charge < -0.3 is 9.30 Å². The molecule has 8 aromatic carbocycles. The Morgan fingerprint density at radius 1 is 0.532 bits per heavy atom. The Balaban J connectivity index is 0.868. The van der Waals surface area contributed by atoms with E-state index in [4.69, 9.17) is 4.74 Å². The van der Waals surface area contributed by atoms with Gasteiger partial charge in [0.25, 0.3) is 0 Å². The normalized spacial score (nSPS) is 15.5. The van der Waals surface area contributed by atoms with E-state index in [0.29, 0.717) is 0 Å². The predicted molar refractivity (Wildman–Crippen MR) is 258 cm³/mol. The van der Waals surface area contributed by atoms with Gasteiger partial charge in [0, 0.05) is 28.3 Å². The van der Waals surface area contributed by atoms with Crippen LogP contribution in [0.2, 0.25) is 0 Å². The van der Waals surface area contributed by atoms with Gasteiger partial charge in [-0.2, -0.15) is 0 Å². The van der Waals surface area contributed by atoms with Crippen LogP contribution in [0.5, 0.6) is 0 Å². The molecule has 2 aliphatic rings. The van der Waals surface area contributed by atoms with E-state index in [9.17, 15) is 0 Å². The van der Waals surface area contributed by atoms with Crippen LogP contribution in [0.4, 0.5) is 0 Å². The topological polar surface area (TPSA) is 14.2 Å². The number of rotatable bonds is 10. The quantitative estimate of drug-likeness (QED) is 0.126. The smallest absolute Gasteiger partial charge is 0.127 e. The Morgan fingerprint density at radius 3 is 1.60 bits per heavy atom. The SMILES string of the molecule is CCC1(CC)c2cc(/C=C/C3=CCC(c4ccc(C(c5ccccc5)(c5ccccc5)c5ccccc5)cc4)O3)ccc2-c2ccc(-n3c4ccccc4c4ccccc43)cc21. The molecular formula is C60H49NO. The lowest BCUT2D eigenvalue weighted by Gasteiger charge is -2.37. The molecule has 1 atom stereocenters. The van der Waals surface area contributed by atoms with Gasteiger partial charge in [0.05, 0.1) is 16.4 Å². The summed E-state index contributed by atoms with van der Waals surface area (Å²) in [7, 11) is 0. The van der Waals surface area contributed by atoms with Gasteiger partial charge in [-0.15, -0.1) is 0 Å². The molecule has 1 unspecified atom stereocenters. The second-order valence-corrected chi connectivity index (χ2v) is 16.9. The first-order valence-corrected chi connectivity index (χ1v) is 22.2. The summed E-state index contributed by atoms with van der Waals surface area (Å²) in [5.41, 5.74) is 16.1. The molecule has 62 heavy (non-hydrogen) atoms. The van der Waals surface area contributed by atoms with Gasteiger partial charge in [-0.25, -0.2) is 0 Å². The summed E-state index contributed by atoms with van der Waals surface area (Å²) in [6.07, 6.45) is 9.49. The van der Waals surface area contributed by atoms with Crippen molar-refractivity contribution in [3.63, 3.8) is 0 Å². The van der Waals surface area contributed by atoms with E-state index in [1.165, 1.54) is 83.1 Å². The molecule has 2 nitrogen and oxygen atoms in total. The Hall–Kier alpha value is -7.16. The Morgan fingerprint density at radius 2 is 1.03 bits per heavy atom. The summed E-state index contributed by atoms with van der Waals surface area (Å²) in [4.78, 5) is 0. The van der Waals surface area contributed by atoms with Crippen molar-refractivity contribution < 1.29 is 4.74 Å². The number of benzene rings is 8. The fourth-order valence-electron chi connectivity index (χ4n) is 10.9. The Bertz CT molecular complexity index is 2980. The van der Waals surface area contributed by atoms with Crippen LogP contribution >= 0.6 is 0 Å². The fraction of sp³-hybridized carbons (Fsp3) is 0.133. The zero-order chi connectivity index (χ0) is 41.7. The van der Waals surface area contributed by atoms with Gasteiger partial charge in [-0.1, -0.05) is 196 Å². The number of aromatic nitrogens is 1. The van der Waals surface area contributed by atoms with E-state index in [2.05, 4.69) is 237 Å². The van der Waals surface area contributed by atoms with Crippen LogP contribution in [0.1, 0.15) is 83.7 Å². The molecule has 1 aromatic heterocycles. The van der Waals surface area contributed by atoms with Crippen molar-refractivity contribution in [3.8, 4) is 16.8 Å². The molecule has 0 saturated carbocycles. The third-order valence-corrected chi connectivity index (χ3v) is 14.0. The summed E-state index contributed by atoms with van der Waals surface area (Å²) in [6, 6.07) is 73.6. The van der Waals surface area contributed by atoms with Gasteiger partial charge in [-0.3, -0.25) is 0 Å². The maximum atomic E-state index is 6.66. The summed E-state index contributed by atoms with van der Waals surface area (Å²) in [5, 5.41) is 2.58. The highest BCUT2D eigenvalue weighted by Gasteiger charge is 2.41. The number of allylic oxidation sites excluding steroid dienone is 1. The van der Waals surface area contributed by atoms with Crippen LogP contribution < -0.4 is 0 Å². The zero-order valence-electron chi connectivity index (χ0n) is 35.3. The average Bonchev–Trinajstić information content (AvgIpc) is 4.04. The average molecular weight is 800 g/mol. The minimum absolute atomic E-state index is 0.0330. The van der Waals surface area contributed by atoms with E-state index < -0.39 is 5.41 Å². The lowest BCUT2D eigenvalue weighted by Crippen LogP contribution is -2.31. The molecule has 11 rings (SSSR count). The van der Waals surface area contributed by atoms with Crippen LogP contribution in [0, 0.1) is 0 Å². The molecule has 2 heterocycles. The van der Waals surface area contributed by atoms with Gasteiger partial charge in [0.2, 0.25) is 0 Å². The first-order valence-electron chi connectivity index (χ1n) is 22.2. The van der Waals surface area contributed by atoms with Crippen LogP contribution in [0.15, 0.2) is 218 Å². The van der Waals surface area contributed by atoms with Gasteiger partial charge >= 0.3 is 0 Å². The second-order valence-electron chi connectivity index (χ2n) is 16.9. The van der Waals surface area contributed by atoms with Crippen LogP contribution in [0.3, 0.4) is 0 Å². The lowest BCUT2D eigenvalue weighted by atomic mass is 9.65. The molecule has 9 aromatic rings. The number of ether oxygens (including phenoxy) is 1. The van der Waals surface area contributed by atoms with Crippen molar-refractivity contribution in [2.24, 2.45) is 0 Å². The molecular weight excluding hydrogens is 751 g/mol. The first-order chi connectivity index (χ1) is 30.6. The van der Waals surface area contributed by atoms with E-state index in [1.807, 2.05) is 0 Å². The molecule has 1 aliphatic heterocycles. The summed E-state index contributed by atoms with van der Waals surface area (Å²) in [6.45, 7) is 4.71. The predicted octanol–water partition coefficient (Wildman–Crippen LogP) is 15.3. The van der Waals surface area contributed by atoms with Crippen LogP contribution in [-0.4, -0.2) is 4.57 Å². The molecule has 300 valence electrons. The second kappa shape index (κ2) is 15.4. The number of fused-ring (bicyclic) bond motifs is 6. The number of hydrogen-bond donors (Lipinski definition) is 0. The van der Waals surface area contributed by atoms with Crippen LogP contribution in [0.25, 0.3) is 44.7 Å². The highest BCUT2D eigenvalue weighted by molar-refractivity contribution is 6.09. The highest BCUT2D eigenvalue weighted by Crippen LogP contribution is 2.54. The monoisotopic (exact) mass is 799 g/mol. The van der Waals surface area contributed by atoms with E-state index >= 15 is 0 Å². The highest BCUT2D eigenvalue weighted by atomic mass is 16.5. The standard InChI is InChI=1S/C60H49NO/c1-3-59(4-2)54-40-42(29-37-50(54)51-38-34-48(41-55(51)59)61-56-26-16-14-24-52(56)53-25-15-17-27-57(53)61)28-35-49-36-39-58(62-49)43-30-32-47(33-31-43)60(44-18-8-5-9-19-44,45-20-10-6-11-21-45)46-22-12-7-13-23-46/h5-38,40-41,58H,3-4,39H2,1-2H3/b35-28+. The van der Waals surface area contributed by atoms with E-state index in [-0.39, 0.29) is 11.5 Å². The first kappa shape index (κ1) is 37.8. The minimum Gasteiger partial charge on any atom is -0.486 e.